The standard InChI is InChI=1S/C20H22N4O2S/c1-13-16(12-15-8-4-3-5-9-15)18(25)24(22-13)20-21-14(2)17(27-20)19(26)23-10-6-7-11-23/h3-5,8-9,22H,6-7,10-12H2,1-2H3. The summed E-state index contributed by atoms with van der Waals surface area (Å²) in [6, 6.07) is 9.92. The SMILES string of the molecule is Cc1nc(-n2[nH]c(C)c(Cc3ccccc3)c2=O)sc1C(=O)N1CCCC1. The Morgan fingerprint density at radius 1 is 1.19 bits per heavy atom. The number of thiazole rings is 1. The minimum atomic E-state index is -0.106. The Hall–Kier alpha value is -2.67. The summed E-state index contributed by atoms with van der Waals surface area (Å²) in [5, 5.41) is 3.64. The van der Waals surface area contributed by atoms with Gasteiger partial charge in [-0.05, 0) is 32.3 Å². The quantitative estimate of drug-likeness (QED) is 0.754. The molecule has 2 aromatic heterocycles. The maximum Gasteiger partial charge on any atom is 0.277 e. The molecule has 6 nitrogen and oxygen atoms in total. The van der Waals surface area contributed by atoms with Crippen LogP contribution in [0.2, 0.25) is 0 Å². The van der Waals surface area contributed by atoms with Crippen LogP contribution in [0, 0.1) is 13.8 Å². The summed E-state index contributed by atoms with van der Waals surface area (Å²) in [6.45, 7) is 5.32. The van der Waals surface area contributed by atoms with Crippen LogP contribution in [0.4, 0.5) is 0 Å². The van der Waals surface area contributed by atoms with Crippen molar-refractivity contribution in [1.82, 2.24) is 19.7 Å². The molecule has 3 heterocycles. The topological polar surface area (TPSA) is 71.0 Å². The van der Waals surface area contributed by atoms with Gasteiger partial charge in [-0.15, -0.1) is 0 Å². The first-order chi connectivity index (χ1) is 13.0. The summed E-state index contributed by atoms with van der Waals surface area (Å²) in [6.07, 6.45) is 2.67. The van der Waals surface area contributed by atoms with Gasteiger partial charge in [-0.25, -0.2) is 4.98 Å². The number of amides is 1. The molecule has 3 aromatic rings. The van der Waals surface area contributed by atoms with Gasteiger partial charge >= 0.3 is 0 Å². The fourth-order valence-electron chi connectivity index (χ4n) is 3.46. The van der Waals surface area contributed by atoms with Crippen LogP contribution in [0.25, 0.3) is 5.13 Å². The zero-order valence-corrected chi connectivity index (χ0v) is 16.3. The number of aromatic amines is 1. The lowest BCUT2D eigenvalue weighted by Gasteiger charge is -2.13. The average molecular weight is 382 g/mol. The summed E-state index contributed by atoms with van der Waals surface area (Å²) in [7, 11) is 0. The van der Waals surface area contributed by atoms with Crippen molar-refractivity contribution in [3.63, 3.8) is 0 Å². The van der Waals surface area contributed by atoms with Crippen molar-refractivity contribution in [3.05, 3.63) is 68.1 Å². The molecule has 1 amide bonds. The molecule has 27 heavy (non-hydrogen) atoms. The minimum absolute atomic E-state index is 0.0228. The molecule has 4 rings (SSSR count). The van der Waals surface area contributed by atoms with Gasteiger partial charge in [0.05, 0.1) is 5.69 Å². The number of aromatic nitrogens is 3. The molecule has 0 aliphatic carbocycles. The van der Waals surface area contributed by atoms with E-state index < -0.39 is 0 Å². The number of aryl methyl sites for hydroxylation is 2. The second-order valence-corrected chi connectivity index (χ2v) is 7.91. The fourth-order valence-corrected chi connectivity index (χ4v) is 4.46. The van der Waals surface area contributed by atoms with Gasteiger partial charge in [0, 0.05) is 30.8 Å². The van der Waals surface area contributed by atoms with Crippen LogP contribution in [0.3, 0.4) is 0 Å². The van der Waals surface area contributed by atoms with Crippen molar-refractivity contribution >= 4 is 17.2 Å². The van der Waals surface area contributed by atoms with Gasteiger partial charge in [0.1, 0.15) is 4.88 Å². The number of hydrogen-bond donors (Lipinski definition) is 1. The molecule has 1 fully saturated rings. The molecular formula is C20H22N4O2S. The number of H-pyrrole nitrogens is 1. The third-order valence-corrected chi connectivity index (χ3v) is 6.11. The Balaban J connectivity index is 1.66. The number of carbonyl (C=O) groups is 1. The monoisotopic (exact) mass is 382 g/mol. The molecule has 0 radical (unpaired) electrons. The molecular weight excluding hydrogens is 360 g/mol. The van der Waals surface area contributed by atoms with E-state index in [1.807, 2.05) is 49.1 Å². The van der Waals surface area contributed by atoms with Gasteiger partial charge in [-0.2, -0.15) is 4.68 Å². The minimum Gasteiger partial charge on any atom is -0.338 e. The normalized spacial score (nSPS) is 14.1. The van der Waals surface area contributed by atoms with E-state index >= 15 is 0 Å². The van der Waals surface area contributed by atoms with Crippen LogP contribution in [0.15, 0.2) is 35.1 Å². The molecule has 1 saturated heterocycles. The molecule has 140 valence electrons. The molecule has 7 heteroatoms. The second-order valence-electron chi connectivity index (χ2n) is 6.93. The van der Waals surface area contributed by atoms with Crippen molar-refractivity contribution in [2.24, 2.45) is 0 Å². The zero-order valence-electron chi connectivity index (χ0n) is 15.5. The van der Waals surface area contributed by atoms with Gasteiger partial charge in [-0.3, -0.25) is 14.7 Å². The molecule has 0 bridgehead atoms. The number of hydrogen-bond acceptors (Lipinski definition) is 4. The van der Waals surface area contributed by atoms with Crippen molar-refractivity contribution < 1.29 is 4.79 Å². The van der Waals surface area contributed by atoms with E-state index in [9.17, 15) is 9.59 Å². The lowest BCUT2D eigenvalue weighted by atomic mass is 10.1. The first kappa shape index (κ1) is 17.7. The van der Waals surface area contributed by atoms with Crippen molar-refractivity contribution in [2.45, 2.75) is 33.1 Å². The van der Waals surface area contributed by atoms with Crippen molar-refractivity contribution in [1.29, 1.82) is 0 Å². The van der Waals surface area contributed by atoms with E-state index in [1.165, 1.54) is 16.0 Å². The highest BCUT2D eigenvalue weighted by molar-refractivity contribution is 7.16. The van der Waals surface area contributed by atoms with E-state index in [0.717, 1.165) is 42.8 Å². The molecule has 1 aliphatic rings. The number of nitrogens with one attached hydrogen (secondary N) is 1. The third kappa shape index (κ3) is 3.35. The molecule has 0 atom stereocenters. The van der Waals surface area contributed by atoms with Gasteiger partial charge in [0.15, 0.2) is 0 Å². The van der Waals surface area contributed by atoms with Crippen LogP contribution in [0.5, 0.6) is 0 Å². The third-order valence-electron chi connectivity index (χ3n) is 4.98. The van der Waals surface area contributed by atoms with E-state index in [1.54, 1.807) is 0 Å². The van der Waals surface area contributed by atoms with Crippen molar-refractivity contribution in [2.75, 3.05) is 13.1 Å². The summed E-state index contributed by atoms with van der Waals surface area (Å²) >= 11 is 1.28. The second kappa shape index (κ2) is 7.15. The Bertz CT molecular complexity index is 1030. The number of rotatable bonds is 4. The Morgan fingerprint density at radius 2 is 1.89 bits per heavy atom. The molecule has 0 unspecified atom stereocenters. The van der Waals surface area contributed by atoms with E-state index in [2.05, 4.69) is 10.1 Å². The fraction of sp³-hybridized carbons (Fsp3) is 0.350. The highest BCUT2D eigenvalue weighted by Gasteiger charge is 2.25. The molecule has 0 spiro atoms. The lowest BCUT2D eigenvalue weighted by molar-refractivity contribution is 0.0796. The Labute approximate surface area is 161 Å². The summed E-state index contributed by atoms with van der Waals surface area (Å²) < 4.78 is 1.46. The van der Waals surface area contributed by atoms with Crippen molar-refractivity contribution in [3.8, 4) is 5.13 Å². The largest absolute Gasteiger partial charge is 0.338 e. The number of nitrogens with zero attached hydrogens (tertiary/aromatic N) is 3. The van der Waals surface area contributed by atoms with E-state index in [-0.39, 0.29) is 11.5 Å². The maximum atomic E-state index is 12.9. The van der Waals surface area contributed by atoms with Gasteiger partial charge in [0.25, 0.3) is 11.5 Å². The van der Waals surface area contributed by atoms with Gasteiger partial charge < -0.3 is 4.90 Å². The predicted molar refractivity (Wildman–Crippen MR) is 106 cm³/mol. The summed E-state index contributed by atoms with van der Waals surface area (Å²) in [5.41, 5.74) is 3.20. The predicted octanol–water partition coefficient (Wildman–Crippen LogP) is 3.07. The molecule has 1 aliphatic heterocycles. The maximum absolute atomic E-state index is 12.9. The van der Waals surface area contributed by atoms with Crippen LogP contribution in [-0.4, -0.2) is 38.7 Å². The van der Waals surface area contributed by atoms with Crippen LogP contribution < -0.4 is 5.56 Å². The number of benzene rings is 1. The van der Waals surface area contributed by atoms with Crippen LogP contribution in [0.1, 0.15) is 45.0 Å². The smallest absolute Gasteiger partial charge is 0.277 e. The first-order valence-electron chi connectivity index (χ1n) is 9.16. The Morgan fingerprint density at radius 3 is 2.59 bits per heavy atom. The van der Waals surface area contributed by atoms with Gasteiger partial charge in [0.2, 0.25) is 5.13 Å². The number of carbonyl (C=O) groups excluding carboxylic acids is 1. The average Bonchev–Trinajstić information content (AvgIpc) is 3.38. The zero-order chi connectivity index (χ0) is 19.0. The Kier molecular flexibility index (Phi) is 4.70. The van der Waals surface area contributed by atoms with E-state index in [0.29, 0.717) is 22.1 Å². The molecule has 0 saturated carbocycles. The number of likely N-dealkylation sites (tertiary alicyclic amines) is 1. The molecule has 1 N–H and O–H groups in total. The highest BCUT2D eigenvalue weighted by atomic mass is 32.1. The summed E-state index contributed by atoms with van der Waals surface area (Å²) in [4.78, 5) is 32.6. The summed E-state index contributed by atoms with van der Waals surface area (Å²) in [5.74, 6) is 0.0228. The van der Waals surface area contributed by atoms with Crippen LogP contribution in [-0.2, 0) is 6.42 Å². The van der Waals surface area contributed by atoms with Crippen LogP contribution >= 0.6 is 11.3 Å². The van der Waals surface area contributed by atoms with Gasteiger partial charge in [-0.1, -0.05) is 41.7 Å². The van der Waals surface area contributed by atoms with E-state index in [4.69, 9.17) is 0 Å². The lowest BCUT2D eigenvalue weighted by Crippen LogP contribution is -2.27. The first-order valence-corrected chi connectivity index (χ1v) is 9.97. The highest BCUT2D eigenvalue weighted by Crippen LogP contribution is 2.24. The molecule has 1 aromatic carbocycles.